The Morgan fingerprint density at radius 1 is 0.964 bits per heavy atom. The smallest absolute Gasteiger partial charge is 0.230 e. The Balaban J connectivity index is 1.73. The van der Waals surface area contributed by atoms with Gasteiger partial charge in [-0.25, -0.2) is 0 Å². The lowest BCUT2D eigenvalue weighted by molar-refractivity contribution is -0.119. The number of unbranched alkanes of at least 4 members (excludes halogenated alkanes) is 3. The first-order chi connectivity index (χ1) is 13.6. The minimum Gasteiger partial charge on any atom is -0.497 e. The lowest BCUT2D eigenvalue weighted by atomic mass is 10.1. The van der Waals surface area contributed by atoms with E-state index in [1.807, 2.05) is 48.5 Å². The first kappa shape index (κ1) is 21.7. The summed E-state index contributed by atoms with van der Waals surface area (Å²) in [5, 5.41) is 5.97. The van der Waals surface area contributed by atoms with E-state index in [0.717, 1.165) is 35.8 Å². The molecule has 150 valence electrons. The van der Waals surface area contributed by atoms with Crippen molar-refractivity contribution in [2.75, 3.05) is 19.0 Å². The van der Waals surface area contributed by atoms with Crippen LogP contribution in [-0.2, 0) is 11.2 Å². The molecule has 2 N–H and O–H groups in total. The van der Waals surface area contributed by atoms with Gasteiger partial charge in [0.05, 0.1) is 20.1 Å². The molecule has 0 unspecified atom stereocenters. The average Bonchev–Trinajstić information content (AvgIpc) is 2.69. The van der Waals surface area contributed by atoms with Crippen LogP contribution in [0.4, 0.5) is 5.69 Å². The largest absolute Gasteiger partial charge is 0.497 e. The third kappa shape index (κ3) is 7.96. The molecular weight excluding hydrogens is 372 g/mol. The Labute approximate surface area is 172 Å². The van der Waals surface area contributed by atoms with Crippen LogP contribution in [-0.4, -0.2) is 24.7 Å². The Kier molecular flexibility index (Phi) is 9.28. The van der Waals surface area contributed by atoms with Crippen LogP contribution in [0.15, 0.2) is 48.5 Å². The van der Waals surface area contributed by atoms with Crippen LogP contribution >= 0.6 is 12.2 Å². The fourth-order valence-corrected chi connectivity index (χ4v) is 2.85. The van der Waals surface area contributed by atoms with Crippen molar-refractivity contribution in [3.63, 3.8) is 0 Å². The summed E-state index contributed by atoms with van der Waals surface area (Å²) in [6, 6.07) is 14.9. The number of amides is 1. The standard InChI is InChI=1S/C22H28N2O3S/c1-3-4-5-6-15-27-20-13-9-18(10-14-20)23-22(28)24-21(25)16-17-7-11-19(26-2)12-8-17/h7-14H,3-6,15-16H2,1-2H3,(H2,23,24,25,28). The van der Waals surface area contributed by atoms with Crippen molar-refractivity contribution in [1.29, 1.82) is 0 Å². The summed E-state index contributed by atoms with van der Waals surface area (Å²) in [5.74, 6) is 1.42. The van der Waals surface area contributed by atoms with Crippen molar-refractivity contribution in [2.45, 2.75) is 39.0 Å². The van der Waals surface area contributed by atoms with Crippen LogP contribution in [0.25, 0.3) is 0 Å². The molecule has 28 heavy (non-hydrogen) atoms. The normalized spacial score (nSPS) is 10.2. The topological polar surface area (TPSA) is 59.6 Å². The van der Waals surface area contributed by atoms with Crippen LogP contribution in [0.2, 0.25) is 0 Å². The lowest BCUT2D eigenvalue weighted by Gasteiger charge is -2.11. The quantitative estimate of drug-likeness (QED) is 0.447. The second-order valence-electron chi connectivity index (χ2n) is 6.46. The zero-order valence-corrected chi connectivity index (χ0v) is 17.3. The van der Waals surface area contributed by atoms with Crippen LogP contribution in [0, 0.1) is 0 Å². The van der Waals surface area contributed by atoms with Gasteiger partial charge >= 0.3 is 0 Å². The van der Waals surface area contributed by atoms with Gasteiger partial charge < -0.3 is 20.1 Å². The maximum atomic E-state index is 12.1. The van der Waals surface area contributed by atoms with Gasteiger partial charge in [-0.2, -0.15) is 0 Å². The molecule has 0 saturated carbocycles. The monoisotopic (exact) mass is 400 g/mol. The lowest BCUT2D eigenvalue weighted by Crippen LogP contribution is -2.35. The third-order valence-electron chi connectivity index (χ3n) is 4.16. The summed E-state index contributed by atoms with van der Waals surface area (Å²) in [4.78, 5) is 12.1. The van der Waals surface area contributed by atoms with Gasteiger partial charge in [0.15, 0.2) is 5.11 Å². The van der Waals surface area contributed by atoms with Gasteiger partial charge in [-0.15, -0.1) is 0 Å². The summed E-state index contributed by atoms with van der Waals surface area (Å²) in [7, 11) is 1.61. The van der Waals surface area contributed by atoms with E-state index < -0.39 is 0 Å². The molecule has 5 nitrogen and oxygen atoms in total. The second-order valence-corrected chi connectivity index (χ2v) is 6.87. The number of hydrogen-bond acceptors (Lipinski definition) is 4. The summed E-state index contributed by atoms with van der Waals surface area (Å²) >= 11 is 5.22. The molecular formula is C22H28N2O3S. The molecule has 0 spiro atoms. The Morgan fingerprint density at radius 2 is 1.64 bits per heavy atom. The van der Waals surface area contributed by atoms with E-state index in [4.69, 9.17) is 21.7 Å². The van der Waals surface area contributed by atoms with Gasteiger partial charge in [-0.3, -0.25) is 4.79 Å². The molecule has 2 aromatic carbocycles. The summed E-state index contributed by atoms with van der Waals surface area (Å²) in [5.41, 5.74) is 1.69. The molecule has 0 aromatic heterocycles. The predicted octanol–water partition coefficient (Wildman–Crippen LogP) is 4.71. The number of thiocarbonyl (C=S) groups is 1. The molecule has 0 atom stereocenters. The Bertz CT molecular complexity index is 745. The molecule has 2 aromatic rings. The molecule has 0 radical (unpaired) electrons. The minimum absolute atomic E-state index is 0.172. The van der Waals surface area contributed by atoms with Gasteiger partial charge in [0.25, 0.3) is 0 Å². The SMILES string of the molecule is CCCCCCOc1ccc(NC(=S)NC(=O)Cc2ccc(OC)cc2)cc1. The number of benzene rings is 2. The van der Waals surface area contributed by atoms with E-state index in [1.54, 1.807) is 7.11 Å². The summed E-state index contributed by atoms with van der Waals surface area (Å²) in [6.07, 6.45) is 4.97. The molecule has 6 heteroatoms. The average molecular weight is 401 g/mol. The first-order valence-electron chi connectivity index (χ1n) is 9.57. The van der Waals surface area contributed by atoms with Gasteiger partial charge in [0.2, 0.25) is 5.91 Å². The van der Waals surface area contributed by atoms with E-state index in [0.29, 0.717) is 0 Å². The fourth-order valence-electron chi connectivity index (χ4n) is 2.62. The highest BCUT2D eigenvalue weighted by Gasteiger charge is 2.07. The van der Waals surface area contributed by atoms with Crippen LogP contribution in [0.3, 0.4) is 0 Å². The summed E-state index contributed by atoms with van der Waals surface area (Å²) < 4.78 is 10.8. The molecule has 0 fully saturated rings. The van der Waals surface area contributed by atoms with Crippen LogP contribution in [0.1, 0.15) is 38.2 Å². The van der Waals surface area contributed by atoms with Crippen LogP contribution < -0.4 is 20.1 Å². The minimum atomic E-state index is -0.172. The zero-order valence-electron chi connectivity index (χ0n) is 16.5. The molecule has 0 aliphatic heterocycles. The number of rotatable bonds is 10. The number of nitrogens with one attached hydrogen (secondary N) is 2. The maximum Gasteiger partial charge on any atom is 0.230 e. The van der Waals surface area contributed by atoms with Gasteiger partial charge in [0, 0.05) is 5.69 Å². The molecule has 0 saturated heterocycles. The van der Waals surface area contributed by atoms with Crippen molar-refractivity contribution in [3.8, 4) is 11.5 Å². The summed E-state index contributed by atoms with van der Waals surface area (Å²) in [6.45, 7) is 2.92. The molecule has 0 heterocycles. The van der Waals surface area contributed by atoms with E-state index >= 15 is 0 Å². The van der Waals surface area contributed by atoms with Gasteiger partial charge in [-0.1, -0.05) is 38.3 Å². The number of carbonyl (C=O) groups excluding carboxylic acids is 1. The van der Waals surface area contributed by atoms with Crippen molar-refractivity contribution in [3.05, 3.63) is 54.1 Å². The predicted molar refractivity (Wildman–Crippen MR) is 117 cm³/mol. The Morgan fingerprint density at radius 3 is 2.29 bits per heavy atom. The zero-order chi connectivity index (χ0) is 20.2. The molecule has 2 rings (SSSR count). The number of methoxy groups -OCH3 is 1. The number of hydrogen-bond donors (Lipinski definition) is 2. The van der Waals surface area contributed by atoms with Gasteiger partial charge in [0.1, 0.15) is 11.5 Å². The van der Waals surface area contributed by atoms with Crippen molar-refractivity contribution in [1.82, 2.24) is 5.32 Å². The number of carbonyl (C=O) groups is 1. The van der Waals surface area contributed by atoms with E-state index in [-0.39, 0.29) is 17.4 Å². The second kappa shape index (κ2) is 12.0. The Hall–Kier alpha value is -2.60. The van der Waals surface area contributed by atoms with E-state index in [2.05, 4.69) is 17.6 Å². The van der Waals surface area contributed by atoms with Gasteiger partial charge in [-0.05, 0) is 60.6 Å². The van der Waals surface area contributed by atoms with Crippen molar-refractivity contribution < 1.29 is 14.3 Å². The third-order valence-corrected chi connectivity index (χ3v) is 4.36. The maximum absolute atomic E-state index is 12.1. The van der Waals surface area contributed by atoms with Crippen molar-refractivity contribution >= 4 is 28.9 Å². The van der Waals surface area contributed by atoms with Crippen LogP contribution in [0.5, 0.6) is 11.5 Å². The van der Waals surface area contributed by atoms with Crippen molar-refractivity contribution in [2.24, 2.45) is 0 Å². The number of ether oxygens (including phenoxy) is 2. The highest BCUT2D eigenvalue weighted by molar-refractivity contribution is 7.80. The van der Waals surface area contributed by atoms with E-state index in [1.165, 1.54) is 19.3 Å². The molecule has 0 bridgehead atoms. The first-order valence-corrected chi connectivity index (χ1v) is 9.98. The highest BCUT2D eigenvalue weighted by Crippen LogP contribution is 2.16. The molecule has 1 amide bonds. The highest BCUT2D eigenvalue weighted by atomic mass is 32.1. The molecule has 0 aliphatic rings. The fraction of sp³-hybridized carbons (Fsp3) is 0.364. The number of anilines is 1. The van der Waals surface area contributed by atoms with E-state index in [9.17, 15) is 4.79 Å². The molecule has 0 aliphatic carbocycles.